The maximum atomic E-state index is 12.8. The Hall–Kier alpha value is -2.57. The lowest BCUT2D eigenvalue weighted by Gasteiger charge is -2.16. The van der Waals surface area contributed by atoms with Crippen LogP contribution in [0.5, 0.6) is 0 Å². The quantitative estimate of drug-likeness (QED) is 0.839. The summed E-state index contributed by atoms with van der Waals surface area (Å²) in [5, 5.41) is 3.02. The van der Waals surface area contributed by atoms with Gasteiger partial charge >= 0.3 is 6.18 Å². The molecule has 2 aromatic heterocycles. The average Bonchev–Trinajstić information content (AvgIpc) is 2.98. The van der Waals surface area contributed by atoms with Gasteiger partial charge in [-0.25, -0.2) is 4.98 Å². The van der Waals surface area contributed by atoms with Crippen LogP contribution in [-0.2, 0) is 19.6 Å². The van der Waals surface area contributed by atoms with Crippen molar-refractivity contribution in [2.24, 2.45) is 7.05 Å². The number of aromatic nitrogens is 2. The predicted octanol–water partition coefficient (Wildman–Crippen LogP) is 4.71. The highest BCUT2D eigenvalue weighted by Gasteiger charge is 2.30. The monoisotopic (exact) mass is 377 g/mol. The molecule has 0 bridgehead atoms. The highest BCUT2D eigenvalue weighted by atomic mass is 19.4. The van der Waals surface area contributed by atoms with Crippen LogP contribution in [-0.4, -0.2) is 9.55 Å². The van der Waals surface area contributed by atoms with Gasteiger partial charge in [0, 0.05) is 24.6 Å². The molecule has 0 radical (unpaired) electrons. The second kappa shape index (κ2) is 7.21. The number of hydrogen-bond donors (Lipinski definition) is 1. The van der Waals surface area contributed by atoms with Gasteiger partial charge in [-0.1, -0.05) is 19.9 Å². The van der Waals surface area contributed by atoms with E-state index in [1.165, 1.54) is 6.07 Å². The molecule has 1 N–H and O–H groups in total. The van der Waals surface area contributed by atoms with E-state index >= 15 is 0 Å². The molecule has 27 heavy (non-hydrogen) atoms. The van der Waals surface area contributed by atoms with Gasteiger partial charge in [0.1, 0.15) is 5.82 Å². The molecule has 2 heterocycles. The minimum absolute atomic E-state index is 0.123. The van der Waals surface area contributed by atoms with Crippen LogP contribution >= 0.6 is 0 Å². The van der Waals surface area contributed by atoms with E-state index in [0.29, 0.717) is 23.6 Å². The Labute approximate surface area is 155 Å². The molecule has 3 rings (SSSR count). The summed E-state index contributed by atoms with van der Waals surface area (Å²) in [7, 11) is 1.77. The van der Waals surface area contributed by atoms with Crippen molar-refractivity contribution in [2.75, 3.05) is 5.32 Å². The number of allylic oxidation sites excluding steroid dienone is 1. The second-order valence-electron chi connectivity index (χ2n) is 6.84. The van der Waals surface area contributed by atoms with Crippen LogP contribution in [0.1, 0.15) is 55.0 Å². The third-order valence-electron chi connectivity index (χ3n) is 4.97. The van der Waals surface area contributed by atoms with E-state index in [1.807, 2.05) is 19.1 Å². The zero-order valence-corrected chi connectivity index (χ0v) is 15.5. The molecule has 0 amide bonds. The van der Waals surface area contributed by atoms with Crippen LogP contribution in [0.15, 0.2) is 35.3 Å². The number of nitrogens with zero attached hydrogens (tertiary/aromatic N) is 2. The summed E-state index contributed by atoms with van der Waals surface area (Å²) in [4.78, 5) is 16.7. The van der Waals surface area contributed by atoms with Gasteiger partial charge in [-0.05, 0) is 48.9 Å². The first-order valence-electron chi connectivity index (χ1n) is 8.96. The molecule has 1 aliphatic carbocycles. The molecular weight excluding hydrogens is 355 g/mol. The number of pyridine rings is 2. The lowest BCUT2D eigenvalue weighted by atomic mass is 10.0. The molecule has 144 valence electrons. The Balaban J connectivity index is 1.98. The van der Waals surface area contributed by atoms with Crippen molar-refractivity contribution in [3.05, 3.63) is 63.2 Å². The predicted molar refractivity (Wildman–Crippen MR) is 99.5 cm³/mol. The fourth-order valence-corrected chi connectivity index (χ4v) is 3.44. The summed E-state index contributed by atoms with van der Waals surface area (Å²) < 4.78 is 39.8. The van der Waals surface area contributed by atoms with E-state index in [9.17, 15) is 18.0 Å². The van der Waals surface area contributed by atoms with E-state index in [2.05, 4.69) is 17.2 Å². The van der Waals surface area contributed by atoms with Gasteiger partial charge in [0.2, 0.25) is 0 Å². The summed E-state index contributed by atoms with van der Waals surface area (Å²) in [6.45, 7) is 4.07. The van der Waals surface area contributed by atoms with Crippen LogP contribution in [0.2, 0.25) is 0 Å². The third kappa shape index (κ3) is 3.77. The molecule has 4 nitrogen and oxygen atoms in total. The minimum Gasteiger partial charge on any atom is -0.340 e. The minimum atomic E-state index is -4.43. The molecular formula is C20H22F3N3O. The van der Waals surface area contributed by atoms with E-state index < -0.39 is 11.7 Å². The van der Waals surface area contributed by atoms with Crippen molar-refractivity contribution in [3.63, 3.8) is 0 Å². The SMILES string of the molecule is CC/C=C(/Nc1ccc(C(F)(F)F)cn1)c1cc2c(n(C)c1=O)CCC2C. The summed E-state index contributed by atoms with van der Waals surface area (Å²) in [6.07, 6.45) is 0.755. The van der Waals surface area contributed by atoms with Crippen molar-refractivity contribution in [1.29, 1.82) is 0 Å². The summed E-state index contributed by atoms with van der Waals surface area (Å²) in [5.74, 6) is 0.635. The summed E-state index contributed by atoms with van der Waals surface area (Å²) in [5.41, 5.74) is 2.34. The molecule has 0 spiro atoms. The Bertz CT molecular complexity index is 927. The number of hydrogen-bond acceptors (Lipinski definition) is 3. The van der Waals surface area contributed by atoms with Gasteiger partial charge in [-0.15, -0.1) is 0 Å². The fraction of sp³-hybridized carbons (Fsp3) is 0.400. The molecule has 0 aliphatic heterocycles. The van der Waals surface area contributed by atoms with E-state index in [0.717, 1.165) is 36.4 Å². The number of rotatable bonds is 4. The van der Waals surface area contributed by atoms with E-state index in [1.54, 1.807) is 11.6 Å². The Kier molecular flexibility index (Phi) is 5.13. The van der Waals surface area contributed by atoms with Crippen LogP contribution in [0.25, 0.3) is 5.70 Å². The van der Waals surface area contributed by atoms with Gasteiger partial charge in [-0.2, -0.15) is 13.2 Å². The summed E-state index contributed by atoms with van der Waals surface area (Å²) >= 11 is 0. The van der Waals surface area contributed by atoms with Gasteiger partial charge in [-0.3, -0.25) is 4.79 Å². The van der Waals surface area contributed by atoms with Crippen LogP contribution < -0.4 is 10.9 Å². The average molecular weight is 377 g/mol. The number of alkyl halides is 3. The van der Waals surface area contributed by atoms with Crippen molar-refractivity contribution in [1.82, 2.24) is 9.55 Å². The number of nitrogens with one attached hydrogen (secondary N) is 1. The van der Waals surface area contributed by atoms with Gasteiger partial charge in [0.05, 0.1) is 11.1 Å². The molecule has 1 aliphatic rings. The second-order valence-corrected chi connectivity index (χ2v) is 6.84. The third-order valence-corrected chi connectivity index (χ3v) is 4.97. The van der Waals surface area contributed by atoms with Gasteiger partial charge in [0.15, 0.2) is 0 Å². The normalized spacial score (nSPS) is 17.1. The molecule has 7 heteroatoms. The van der Waals surface area contributed by atoms with E-state index in [4.69, 9.17) is 0 Å². The lowest BCUT2D eigenvalue weighted by Crippen LogP contribution is -2.25. The highest BCUT2D eigenvalue weighted by Crippen LogP contribution is 2.33. The van der Waals surface area contributed by atoms with Crippen molar-refractivity contribution >= 4 is 11.5 Å². The maximum absolute atomic E-state index is 12.8. The van der Waals surface area contributed by atoms with Crippen LogP contribution in [0.4, 0.5) is 19.0 Å². The Morgan fingerprint density at radius 1 is 1.41 bits per heavy atom. The van der Waals surface area contributed by atoms with Gasteiger partial charge < -0.3 is 9.88 Å². The zero-order valence-electron chi connectivity index (χ0n) is 15.5. The van der Waals surface area contributed by atoms with E-state index in [-0.39, 0.29) is 11.4 Å². The largest absolute Gasteiger partial charge is 0.417 e. The maximum Gasteiger partial charge on any atom is 0.417 e. The highest BCUT2D eigenvalue weighted by molar-refractivity contribution is 5.75. The Morgan fingerprint density at radius 2 is 2.15 bits per heavy atom. The first-order chi connectivity index (χ1) is 12.7. The number of halogens is 3. The molecule has 1 atom stereocenters. The topological polar surface area (TPSA) is 46.9 Å². The first-order valence-corrected chi connectivity index (χ1v) is 8.96. The summed E-state index contributed by atoms with van der Waals surface area (Å²) in [6, 6.07) is 4.16. The molecule has 0 aromatic carbocycles. The van der Waals surface area contributed by atoms with Gasteiger partial charge in [0.25, 0.3) is 5.56 Å². The molecule has 1 unspecified atom stereocenters. The number of fused-ring (bicyclic) bond motifs is 1. The van der Waals surface area contributed by atoms with Crippen LogP contribution in [0, 0.1) is 0 Å². The fourth-order valence-electron chi connectivity index (χ4n) is 3.44. The molecule has 0 saturated carbocycles. The smallest absolute Gasteiger partial charge is 0.340 e. The van der Waals surface area contributed by atoms with Crippen LogP contribution in [0.3, 0.4) is 0 Å². The first kappa shape index (κ1) is 19.2. The zero-order chi connectivity index (χ0) is 19.8. The number of anilines is 1. The van der Waals surface area contributed by atoms with Crippen molar-refractivity contribution in [2.45, 2.75) is 45.2 Å². The lowest BCUT2D eigenvalue weighted by molar-refractivity contribution is -0.137. The molecule has 2 aromatic rings. The molecule has 0 fully saturated rings. The van der Waals surface area contributed by atoms with Crippen molar-refractivity contribution < 1.29 is 13.2 Å². The van der Waals surface area contributed by atoms with Crippen molar-refractivity contribution in [3.8, 4) is 0 Å². The standard InChI is InChI=1S/C20H22F3N3O/c1-4-5-16(25-18-9-7-13(11-24-18)20(21,22)23)15-10-14-12(2)6-8-17(14)26(3)19(15)27/h5,7,9-12H,4,6,8H2,1-3H3,(H,24,25)/b16-5+. The Morgan fingerprint density at radius 3 is 2.74 bits per heavy atom. The molecule has 0 saturated heterocycles.